The van der Waals surface area contributed by atoms with Gasteiger partial charge in [-0.3, -0.25) is 9.59 Å². The van der Waals surface area contributed by atoms with E-state index in [4.69, 9.17) is 4.74 Å². The van der Waals surface area contributed by atoms with Gasteiger partial charge in [-0.15, -0.1) is 0 Å². The van der Waals surface area contributed by atoms with Crippen molar-refractivity contribution in [3.8, 4) is 11.6 Å². The number of para-hydroxylation sites is 1. The number of benzene rings is 1. The van der Waals surface area contributed by atoms with E-state index in [1.165, 1.54) is 12.3 Å². The van der Waals surface area contributed by atoms with Gasteiger partial charge >= 0.3 is 6.61 Å². The number of fused-ring (bicyclic) bond motifs is 1. The number of nitrogens with one attached hydrogen (secondary N) is 2. The van der Waals surface area contributed by atoms with Gasteiger partial charge in [0.1, 0.15) is 0 Å². The zero-order chi connectivity index (χ0) is 17.8. The van der Waals surface area contributed by atoms with Crippen LogP contribution in [0.5, 0.6) is 11.6 Å². The Kier molecular flexibility index (Phi) is 4.73. The smallest absolute Gasteiger partial charge is 0.388 e. The topological polar surface area (TPSA) is 89.6 Å². The minimum atomic E-state index is -2.97. The van der Waals surface area contributed by atoms with Crippen molar-refractivity contribution in [1.29, 1.82) is 0 Å². The van der Waals surface area contributed by atoms with Gasteiger partial charge in [-0.2, -0.15) is 8.78 Å². The van der Waals surface area contributed by atoms with Crippen LogP contribution in [-0.4, -0.2) is 30.0 Å². The van der Waals surface area contributed by atoms with Gasteiger partial charge in [-0.1, -0.05) is 6.07 Å². The van der Waals surface area contributed by atoms with Gasteiger partial charge in [-0.25, -0.2) is 4.98 Å². The van der Waals surface area contributed by atoms with Crippen LogP contribution in [0, 0.1) is 0 Å². The Labute approximate surface area is 141 Å². The molecule has 2 N–H and O–H groups in total. The highest BCUT2D eigenvalue weighted by molar-refractivity contribution is 6.03. The molecule has 1 aliphatic rings. The number of hydrogen-bond donors (Lipinski definition) is 2. The van der Waals surface area contributed by atoms with Crippen molar-refractivity contribution >= 4 is 17.5 Å². The van der Waals surface area contributed by atoms with E-state index in [0.29, 0.717) is 11.3 Å². The second-order valence-electron chi connectivity index (χ2n) is 5.08. The van der Waals surface area contributed by atoms with Gasteiger partial charge < -0.3 is 20.1 Å². The summed E-state index contributed by atoms with van der Waals surface area (Å²) in [5, 5.41) is 5.27. The Bertz CT molecular complexity index is 814. The first-order valence-corrected chi connectivity index (χ1v) is 7.26. The number of ether oxygens (including phenoxy) is 2. The summed E-state index contributed by atoms with van der Waals surface area (Å²) < 4.78 is 33.9. The van der Waals surface area contributed by atoms with Gasteiger partial charge in [0.25, 0.3) is 11.8 Å². The van der Waals surface area contributed by atoms with Crippen molar-refractivity contribution in [2.24, 2.45) is 0 Å². The molecule has 2 amide bonds. The molecule has 25 heavy (non-hydrogen) atoms. The number of rotatable bonds is 5. The highest BCUT2D eigenvalue weighted by atomic mass is 19.3. The molecular weight excluding hydrogens is 336 g/mol. The number of amides is 2. The van der Waals surface area contributed by atoms with Gasteiger partial charge in [0.2, 0.25) is 5.88 Å². The molecule has 2 heterocycles. The average Bonchev–Trinajstić information content (AvgIpc) is 2.58. The molecule has 2 aromatic rings. The number of carbonyl (C=O) groups excluding carboxylic acids is 2. The number of alkyl halides is 2. The lowest BCUT2D eigenvalue weighted by Crippen LogP contribution is -2.29. The maximum atomic E-state index is 12.4. The predicted molar refractivity (Wildman–Crippen MR) is 82.6 cm³/mol. The van der Waals surface area contributed by atoms with Gasteiger partial charge in [-0.05, 0) is 23.8 Å². The lowest BCUT2D eigenvalue weighted by Gasteiger charge is -2.20. The molecule has 9 heteroatoms. The first-order chi connectivity index (χ1) is 12.0. The van der Waals surface area contributed by atoms with E-state index < -0.39 is 12.5 Å². The Morgan fingerprint density at radius 3 is 3.04 bits per heavy atom. The second-order valence-corrected chi connectivity index (χ2v) is 5.08. The van der Waals surface area contributed by atoms with Gasteiger partial charge in [0.05, 0.1) is 11.3 Å². The maximum Gasteiger partial charge on any atom is 0.388 e. The third-order valence-corrected chi connectivity index (χ3v) is 3.34. The number of aromatic nitrogens is 1. The maximum absolute atomic E-state index is 12.4. The predicted octanol–water partition coefficient (Wildman–Crippen LogP) is 1.94. The summed E-state index contributed by atoms with van der Waals surface area (Å²) in [4.78, 5) is 27.3. The minimum absolute atomic E-state index is 0.0803. The fourth-order valence-electron chi connectivity index (χ4n) is 2.29. The average molecular weight is 349 g/mol. The van der Waals surface area contributed by atoms with E-state index in [2.05, 4.69) is 20.4 Å². The highest BCUT2D eigenvalue weighted by Crippen LogP contribution is 2.31. The second kappa shape index (κ2) is 7.12. The van der Waals surface area contributed by atoms with Crippen LogP contribution >= 0.6 is 0 Å². The Morgan fingerprint density at radius 2 is 2.24 bits per heavy atom. The molecule has 0 fully saturated rings. The molecule has 3 rings (SSSR count). The van der Waals surface area contributed by atoms with E-state index in [0.717, 1.165) is 0 Å². The van der Waals surface area contributed by atoms with E-state index in [1.54, 1.807) is 24.3 Å². The van der Waals surface area contributed by atoms with Crippen molar-refractivity contribution in [2.75, 3.05) is 11.9 Å². The molecule has 0 atom stereocenters. The molecule has 0 aliphatic carbocycles. The third-order valence-electron chi connectivity index (χ3n) is 3.34. The Balaban J connectivity index is 1.70. The number of carbonyl (C=O) groups is 2. The van der Waals surface area contributed by atoms with Crippen molar-refractivity contribution in [3.05, 3.63) is 47.7 Å². The van der Waals surface area contributed by atoms with Crippen LogP contribution in [0.4, 0.5) is 14.5 Å². The summed E-state index contributed by atoms with van der Waals surface area (Å²) in [5.74, 6) is -0.671. The SMILES string of the molecule is O=C1COc2c(cccc2C(=O)NCc2ccnc(OC(F)F)c2)N1. The lowest BCUT2D eigenvalue weighted by molar-refractivity contribution is -0.118. The highest BCUT2D eigenvalue weighted by Gasteiger charge is 2.22. The molecule has 0 spiro atoms. The number of hydrogen-bond acceptors (Lipinski definition) is 5. The van der Waals surface area contributed by atoms with Crippen LogP contribution in [0.1, 0.15) is 15.9 Å². The molecule has 130 valence electrons. The Hall–Kier alpha value is -3.23. The van der Waals surface area contributed by atoms with Crippen LogP contribution in [0.3, 0.4) is 0 Å². The lowest BCUT2D eigenvalue weighted by atomic mass is 10.1. The zero-order valence-electron chi connectivity index (χ0n) is 12.8. The van der Waals surface area contributed by atoms with Crippen LogP contribution < -0.4 is 20.1 Å². The molecule has 0 bridgehead atoms. The van der Waals surface area contributed by atoms with Crippen molar-refractivity contribution < 1.29 is 27.8 Å². The quantitative estimate of drug-likeness (QED) is 0.861. The zero-order valence-corrected chi connectivity index (χ0v) is 12.8. The summed E-state index contributed by atoms with van der Waals surface area (Å²) in [6, 6.07) is 7.67. The van der Waals surface area contributed by atoms with Crippen LogP contribution in [0.2, 0.25) is 0 Å². The molecular formula is C16H13F2N3O4. The fraction of sp³-hybridized carbons (Fsp3) is 0.188. The van der Waals surface area contributed by atoms with E-state index >= 15 is 0 Å². The molecule has 1 aromatic carbocycles. The largest absolute Gasteiger partial charge is 0.481 e. The summed E-state index contributed by atoms with van der Waals surface area (Å²) in [7, 11) is 0. The normalized spacial score (nSPS) is 12.8. The first kappa shape index (κ1) is 16.6. The van der Waals surface area contributed by atoms with Gasteiger partial charge in [0, 0.05) is 18.8 Å². The summed E-state index contributed by atoms with van der Waals surface area (Å²) >= 11 is 0. The Morgan fingerprint density at radius 1 is 1.40 bits per heavy atom. The summed E-state index contributed by atoms with van der Waals surface area (Å²) in [6.45, 7) is -3.06. The number of anilines is 1. The molecule has 7 nitrogen and oxygen atoms in total. The number of pyridine rings is 1. The van der Waals surface area contributed by atoms with Crippen LogP contribution in [-0.2, 0) is 11.3 Å². The van der Waals surface area contributed by atoms with Crippen molar-refractivity contribution in [3.63, 3.8) is 0 Å². The number of nitrogens with zero attached hydrogens (tertiary/aromatic N) is 1. The van der Waals surface area contributed by atoms with Crippen molar-refractivity contribution in [1.82, 2.24) is 10.3 Å². The summed E-state index contributed by atoms with van der Waals surface area (Å²) in [6.07, 6.45) is 1.31. The van der Waals surface area contributed by atoms with E-state index in [-0.39, 0.29) is 36.3 Å². The molecule has 1 aromatic heterocycles. The summed E-state index contributed by atoms with van der Waals surface area (Å²) in [5.41, 5.74) is 1.22. The molecule has 0 unspecified atom stereocenters. The standard InChI is InChI=1S/C16H13F2N3O4/c17-16(18)25-13-6-9(4-5-19-13)7-20-15(23)10-2-1-3-11-14(10)24-8-12(22)21-11/h1-6,16H,7-8H2,(H,20,23)(H,21,22). The van der Waals surface area contributed by atoms with Crippen LogP contribution in [0.15, 0.2) is 36.5 Å². The van der Waals surface area contributed by atoms with Crippen LogP contribution in [0.25, 0.3) is 0 Å². The number of halogens is 2. The molecule has 1 aliphatic heterocycles. The monoisotopic (exact) mass is 349 g/mol. The first-order valence-electron chi connectivity index (χ1n) is 7.26. The molecule has 0 radical (unpaired) electrons. The van der Waals surface area contributed by atoms with E-state index in [9.17, 15) is 18.4 Å². The fourth-order valence-corrected chi connectivity index (χ4v) is 2.29. The molecule has 0 saturated carbocycles. The van der Waals surface area contributed by atoms with Gasteiger partial charge in [0.15, 0.2) is 12.4 Å². The minimum Gasteiger partial charge on any atom is -0.481 e. The van der Waals surface area contributed by atoms with Crippen molar-refractivity contribution in [2.45, 2.75) is 13.2 Å². The third kappa shape index (κ3) is 4.00. The van der Waals surface area contributed by atoms with E-state index in [1.807, 2.05) is 0 Å². The molecule has 0 saturated heterocycles.